The molecule has 132 heavy (non-hydrogen) atoms. The number of anilines is 6. The number of pyridine rings is 3. The molecule has 0 spiro atoms. The fourth-order valence-electron chi connectivity index (χ4n) is 13.2. The van der Waals surface area contributed by atoms with Crippen molar-refractivity contribution in [3.05, 3.63) is 465 Å². The zero-order valence-electron chi connectivity index (χ0n) is 71.4. The van der Waals surface area contributed by atoms with Crippen LogP contribution in [0.1, 0.15) is 36.1 Å². The van der Waals surface area contributed by atoms with Gasteiger partial charge in [0.25, 0.3) is 11.1 Å². The molecular weight excluding hydrogens is 1690 g/mol. The van der Waals surface area contributed by atoms with Crippen molar-refractivity contribution in [3.63, 3.8) is 0 Å². The van der Waals surface area contributed by atoms with E-state index in [0.29, 0.717) is 45.5 Å². The van der Waals surface area contributed by atoms with E-state index in [1.165, 1.54) is 85.9 Å². The van der Waals surface area contributed by atoms with Crippen molar-refractivity contribution in [1.82, 2.24) is 63.6 Å². The number of para-hydroxylation sites is 2. The number of aryl methyl sites for hydroxylation is 2. The Hall–Kier alpha value is -17.8. The number of halogens is 6. The average molecular weight is 1770 g/mol. The maximum absolute atomic E-state index is 12.2. The lowest BCUT2D eigenvalue weighted by Gasteiger charge is -2.25. The molecule has 660 valence electrons. The van der Waals surface area contributed by atoms with Crippen LogP contribution in [0.5, 0.6) is 11.5 Å². The first-order valence-electron chi connectivity index (χ1n) is 40.3. The smallest absolute Gasteiger partial charge is 0.406 e. The van der Waals surface area contributed by atoms with Crippen LogP contribution in [0.2, 0.25) is 0 Å². The van der Waals surface area contributed by atoms with Gasteiger partial charge in [-0.15, -0.1) is 26.3 Å². The Morgan fingerprint density at radius 2 is 0.644 bits per heavy atom. The molecule has 0 unspecified atom stereocenters. The highest BCUT2D eigenvalue weighted by Gasteiger charge is 2.32. The molecule has 14 aromatic rings. The zero-order chi connectivity index (χ0) is 93.3. The van der Waals surface area contributed by atoms with Crippen molar-refractivity contribution in [2.24, 2.45) is 14.1 Å². The van der Waals surface area contributed by atoms with Crippen LogP contribution in [-0.4, -0.2) is 88.1 Å². The van der Waals surface area contributed by atoms with E-state index in [-0.39, 0.29) is 34.4 Å². The van der Waals surface area contributed by atoms with Gasteiger partial charge < -0.3 is 39.7 Å². The number of nitrogens with one attached hydrogen (secondary N) is 2. The third-order valence-electron chi connectivity index (χ3n) is 19.4. The second kappa shape index (κ2) is 42.9. The molecule has 4 aliphatic heterocycles. The number of nitrogens with zero attached hydrogens (tertiary/aromatic N) is 17. The topological polar surface area (TPSA) is 259 Å². The minimum atomic E-state index is -4.71. The maximum atomic E-state index is 12.2. The van der Waals surface area contributed by atoms with Gasteiger partial charge >= 0.3 is 12.7 Å². The van der Waals surface area contributed by atoms with E-state index in [1.54, 1.807) is 159 Å². The quantitative estimate of drug-likeness (QED) is 0.0852. The highest BCUT2D eigenvalue weighted by molar-refractivity contribution is 5.90. The van der Waals surface area contributed by atoms with Crippen molar-refractivity contribution in [1.29, 1.82) is 0 Å². The average Bonchev–Trinajstić information content (AvgIpc) is 1.64. The number of rotatable bonds is 16. The maximum Gasteiger partial charge on any atom is 0.573 e. The Kier molecular flexibility index (Phi) is 29.9. The lowest BCUT2D eigenvalue weighted by molar-refractivity contribution is -0.275. The monoisotopic (exact) mass is 1770 g/mol. The summed E-state index contributed by atoms with van der Waals surface area (Å²) in [5.74, 6) is -0.851. The van der Waals surface area contributed by atoms with Gasteiger partial charge in [-0.25, -0.2) is 29.9 Å². The Labute approximate surface area is 754 Å². The van der Waals surface area contributed by atoms with Crippen molar-refractivity contribution >= 4 is 68.2 Å². The summed E-state index contributed by atoms with van der Waals surface area (Å²) in [6, 6.07) is 56.1. The van der Waals surface area contributed by atoms with Crippen LogP contribution in [0.15, 0.2) is 432 Å². The standard InChI is InChI=1S/C18H15N3O2.C17H14F3N3O.C17H12F3N3O.C17H14N4O2.C16H15N3.C16H13N3/c1-13(22)20-16-3-2-4-17(11-16)21-12-15(5-6-18(21)23)14-7-9-19-10-8-14;1-12-3-4-13(14-9-21-22(2)10-14)11-23(12)15-5-7-16(8-6-15)24-17(18,19)20;1-12-2-3-13(14-8-21-11-22-9-14)10-23(12)15-4-6-16(7-5-15)24-17(18,19)20;1-12(22)20-15-3-2-4-16(7-15)21-10-13(5-6-17(21)23)14-8-18-11-19-9-14;1-13-8-9-14(15-10-17-18(2)11-15)12-19(13)16-6-4-3-5-7-16;1-13-7-8-14(15-9-17-12-18-10-15)11-19(13)16-5-3-2-4-6-16/h2-12H,1H3,(H,20,22);3-11H,1H2,2H3;2-11H,1H2;2-11H,1H3,(H,20,22);3-12H,1H2,2H3;2-12H,1H2. The lowest BCUT2D eigenvalue weighted by atomic mass is 10.1. The lowest BCUT2D eigenvalue weighted by Crippen LogP contribution is -2.18. The molecule has 4 aliphatic rings. The van der Waals surface area contributed by atoms with Crippen LogP contribution in [0.4, 0.5) is 60.5 Å². The van der Waals surface area contributed by atoms with Gasteiger partial charge in [-0.3, -0.25) is 42.7 Å². The number of hydrogen-bond acceptors (Lipinski definition) is 19. The van der Waals surface area contributed by atoms with E-state index in [4.69, 9.17) is 0 Å². The predicted molar refractivity (Wildman–Crippen MR) is 502 cm³/mol. The normalized spacial score (nSPS) is 13.1. The minimum Gasteiger partial charge on any atom is -0.406 e. The largest absolute Gasteiger partial charge is 0.573 e. The highest BCUT2D eigenvalue weighted by atomic mass is 19.4. The van der Waals surface area contributed by atoms with Gasteiger partial charge in [0.2, 0.25) is 11.8 Å². The first-order valence-corrected chi connectivity index (χ1v) is 40.3. The fraction of sp³-hybridized carbons (Fsp3) is 0.0594. The van der Waals surface area contributed by atoms with Gasteiger partial charge in [0.1, 0.15) is 30.5 Å². The molecule has 25 nitrogen and oxygen atoms in total. The molecule has 0 atom stereocenters. The summed E-state index contributed by atoms with van der Waals surface area (Å²) >= 11 is 0. The first kappa shape index (κ1) is 91.9. The van der Waals surface area contributed by atoms with Crippen molar-refractivity contribution in [3.8, 4) is 45.1 Å². The highest BCUT2D eigenvalue weighted by Crippen LogP contribution is 2.36. The Morgan fingerprint density at radius 1 is 0.326 bits per heavy atom. The number of amides is 2. The molecule has 0 fully saturated rings. The molecule has 2 amide bonds. The van der Waals surface area contributed by atoms with Gasteiger partial charge in [0.15, 0.2) is 0 Å². The third kappa shape index (κ3) is 25.7. The van der Waals surface area contributed by atoms with E-state index in [0.717, 1.165) is 89.6 Å². The number of allylic oxidation sites excluding steroid dienone is 12. The van der Waals surface area contributed by atoms with E-state index in [1.807, 2.05) is 142 Å². The van der Waals surface area contributed by atoms with Gasteiger partial charge in [0, 0.05) is 252 Å². The molecule has 2 N–H and O–H groups in total. The number of carbonyl (C=O) groups excluding carboxylic acids is 2. The molecule has 18 rings (SSSR count). The molecule has 0 bridgehead atoms. The second-order valence-corrected chi connectivity index (χ2v) is 29.0. The minimum absolute atomic E-state index is 0.136. The first-order chi connectivity index (χ1) is 63.6. The van der Waals surface area contributed by atoms with Gasteiger partial charge in [-0.2, -0.15) is 10.2 Å². The van der Waals surface area contributed by atoms with E-state index in [2.05, 4.69) is 144 Å². The van der Waals surface area contributed by atoms with Gasteiger partial charge in [-0.1, -0.05) is 99.2 Å². The summed E-state index contributed by atoms with van der Waals surface area (Å²) in [5.41, 5.74) is 20.5. The molecule has 12 heterocycles. The molecule has 6 aromatic carbocycles. The van der Waals surface area contributed by atoms with Crippen LogP contribution >= 0.6 is 0 Å². The van der Waals surface area contributed by atoms with Crippen molar-refractivity contribution in [2.75, 3.05) is 30.2 Å². The number of benzene rings is 6. The van der Waals surface area contributed by atoms with Crippen LogP contribution in [0, 0.1) is 0 Å². The summed E-state index contributed by atoms with van der Waals surface area (Å²) in [4.78, 5) is 82.5. The number of aromatic nitrogens is 13. The van der Waals surface area contributed by atoms with Crippen LogP contribution in [-0.2, 0) is 23.7 Å². The van der Waals surface area contributed by atoms with E-state index >= 15 is 0 Å². The Morgan fingerprint density at radius 3 is 0.970 bits per heavy atom. The Balaban J connectivity index is 0.000000135. The van der Waals surface area contributed by atoms with Crippen LogP contribution < -0.4 is 50.8 Å². The summed E-state index contributed by atoms with van der Waals surface area (Å²) in [5, 5.41) is 13.8. The van der Waals surface area contributed by atoms with Crippen LogP contribution in [0.25, 0.3) is 55.9 Å². The number of carbonyl (C=O) groups is 2. The fourth-order valence-corrected chi connectivity index (χ4v) is 13.2. The van der Waals surface area contributed by atoms with Crippen LogP contribution in [0.3, 0.4) is 0 Å². The molecule has 8 aromatic heterocycles. The third-order valence-corrected chi connectivity index (χ3v) is 19.4. The molecule has 0 saturated heterocycles. The molecule has 0 saturated carbocycles. The van der Waals surface area contributed by atoms with Crippen molar-refractivity contribution in [2.45, 2.75) is 26.6 Å². The number of alkyl halides is 6. The summed E-state index contributed by atoms with van der Waals surface area (Å²) in [6.07, 6.45) is 43.1. The number of ether oxygens (including phenoxy) is 2. The van der Waals surface area contributed by atoms with Gasteiger partial charge in [-0.05, 0) is 169 Å². The number of hydrogen-bond donors (Lipinski definition) is 2. The molecule has 0 aliphatic carbocycles. The van der Waals surface area contributed by atoms with Crippen molar-refractivity contribution < 1.29 is 45.4 Å². The van der Waals surface area contributed by atoms with E-state index < -0.39 is 12.7 Å². The summed E-state index contributed by atoms with van der Waals surface area (Å²) < 4.78 is 87.7. The second-order valence-electron chi connectivity index (χ2n) is 29.0. The molecular formula is C101H83F6N19O6. The molecule has 31 heteroatoms. The van der Waals surface area contributed by atoms with Gasteiger partial charge in [0.05, 0.1) is 23.8 Å². The summed E-state index contributed by atoms with van der Waals surface area (Å²) in [7, 11) is 3.75. The molecule has 0 radical (unpaired) electrons. The Bertz CT molecular complexity index is 6700. The predicted octanol–water partition coefficient (Wildman–Crippen LogP) is 20.4. The summed E-state index contributed by atoms with van der Waals surface area (Å²) in [6.45, 7) is 18.9. The van der Waals surface area contributed by atoms with E-state index in [9.17, 15) is 45.5 Å². The zero-order valence-corrected chi connectivity index (χ0v) is 71.4. The SMILES string of the molecule is C=C1C=CC(c2cncnc2)=CN1c1ccc(OC(F)(F)F)cc1.C=C1C=CC(c2cncnc2)=CN1c1ccccc1.C=C1C=CC(c2cnn(C)c2)=CN1c1ccc(OC(F)(F)F)cc1.C=C1C=CC(c2cnn(C)c2)=CN1c1ccccc1.CC(=O)Nc1cccc(-n2cc(-c3ccncc3)ccc2=O)c1.CC(=O)Nc1cccc(-n2cc(-c3cncnc3)ccc2=O)c1.